The van der Waals surface area contributed by atoms with Gasteiger partial charge in [0.05, 0.1) is 4.47 Å². The first-order valence-corrected chi connectivity index (χ1v) is 7.03. The molecule has 2 rings (SSSR count). The molecule has 1 atom stereocenters. The van der Waals surface area contributed by atoms with Crippen LogP contribution >= 0.6 is 27.3 Å². The number of hydrogen-bond acceptors (Lipinski definition) is 4. The molecule has 0 bridgehead atoms. The van der Waals surface area contributed by atoms with Gasteiger partial charge in [-0.1, -0.05) is 0 Å². The number of nitrogens with zero attached hydrogens (tertiary/aromatic N) is 2. The zero-order valence-corrected chi connectivity index (χ0v) is 12.2. The molecule has 0 saturated carbocycles. The summed E-state index contributed by atoms with van der Waals surface area (Å²) < 4.78 is 0.897. The van der Waals surface area contributed by atoms with E-state index in [0.29, 0.717) is 6.04 Å². The number of hydrogen-bond donors (Lipinski definition) is 1. The summed E-state index contributed by atoms with van der Waals surface area (Å²) in [6.07, 6.45) is 4.31. The lowest BCUT2D eigenvalue weighted by Gasteiger charge is -2.14. The molecule has 0 aromatic carbocycles. The van der Waals surface area contributed by atoms with E-state index in [0.717, 1.165) is 16.7 Å². The van der Waals surface area contributed by atoms with Gasteiger partial charge in [0, 0.05) is 28.4 Å². The van der Waals surface area contributed by atoms with Crippen molar-refractivity contribution in [1.29, 1.82) is 0 Å². The van der Waals surface area contributed by atoms with Crippen LogP contribution in [0.4, 0.5) is 5.82 Å². The van der Waals surface area contributed by atoms with Crippen molar-refractivity contribution in [2.75, 3.05) is 5.32 Å². The van der Waals surface area contributed by atoms with Gasteiger partial charge < -0.3 is 5.32 Å². The average Bonchev–Trinajstić information content (AvgIpc) is 2.67. The van der Waals surface area contributed by atoms with Gasteiger partial charge in [-0.05, 0) is 41.9 Å². The van der Waals surface area contributed by atoms with Crippen molar-refractivity contribution in [3.05, 3.63) is 38.9 Å². The van der Waals surface area contributed by atoms with Crippen molar-refractivity contribution in [1.82, 2.24) is 9.97 Å². The Morgan fingerprint density at radius 2 is 2.29 bits per heavy atom. The fraction of sp³-hybridized carbons (Fsp3) is 0.333. The molecule has 90 valence electrons. The van der Waals surface area contributed by atoms with Crippen molar-refractivity contribution in [3.8, 4) is 0 Å². The summed E-state index contributed by atoms with van der Waals surface area (Å²) in [6.45, 7) is 4.29. The van der Waals surface area contributed by atoms with Gasteiger partial charge in [0.15, 0.2) is 0 Å². The summed E-state index contributed by atoms with van der Waals surface area (Å²) in [6, 6.07) is 4.69. The summed E-state index contributed by atoms with van der Waals surface area (Å²) in [4.78, 5) is 10.9. The molecule has 3 nitrogen and oxygen atoms in total. The van der Waals surface area contributed by atoms with E-state index < -0.39 is 0 Å². The topological polar surface area (TPSA) is 37.8 Å². The predicted molar refractivity (Wildman–Crippen MR) is 75.6 cm³/mol. The monoisotopic (exact) mass is 311 g/mol. The molecule has 0 fully saturated rings. The quantitative estimate of drug-likeness (QED) is 0.936. The van der Waals surface area contributed by atoms with Crippen molar-refractivity contribution in [2.45, 2.75) is 26.3 Å². The fourth-order valence-electron chi connectivity index (χ4n) is 1.60. The Morgan fingerprint density at radius 1 is 1.47 bits per heavy atom. The molecule has 17 heavy (non-hydrogen) atoms. The van der Waals surface area contributed by atoms with E-state index in [2.05, 4.69) is 57.2 Å². The number of nitrogens with one attached hydrogen (secondary N) is 1. The van der Waals surface area contributed by atoms with Crippen LogP contribution < -0.4 is 5.32 Å². The first-order valence-electron chi connectivity index (χ1n) is 5.42. The normalized spacial score (nSPS) is 12.4. The highest BCUT2D eigenvalue weighted by atomic mass is 79.9. The first-order chi connectivity index (χ1) is 8.15. The number of aryl methyl sites for hydroxylation is 1. The maximum atomic E-state index is 4.20. The zero-order chi connectivity index (χ0) is 12.3. The van der Waals surface area contributed by atoms with Crippen LogP contribution in [0, 0.1) is 6.92 Å². The van der Waals surface area contributed by atoms with Gasteiger partial charge >= 0.3 is 0 Å². The Balaban J connectivity index is 1.98. The van der Waals surface area contributed by atoms with Gasteiger partial charge in [-0.25, -0.2) is 9.97 Å². The van der Waals surface area contributed by atoms with E-state index >= 15 is 0 Å². The lowest BCUT2D eigenvalue weighted by atomic mass is 10.2. The second-order valence-electron chi connectivity index (χ2n) is 3.98. The molecule has 1 unspecified atom stereocenters. The van der Waals surface area contributed by atoms with Crippen LogP contribution in [0.5, 0.6) is 0 Å². The third-order valence-corrected chi connectivity index (χ3v) is 3.96. The van der Waals surface area contributed by atoms with Gasteiger partial charge in [-0.3, -0.25) is 0 Å². The van der Waals surface area contributed by atoms with Crippen molar-refractivity contribution >= 4 is 33.1 Å². The number of aromatic nitrogens is 2. The molecule has 0 saturated heterocycles. The second-order valence-corrected chi connectivity index (χ2v) is 6.21. The molecule has 0 aliphatic carbocycles. The Morgan fingerprint density at radius 3 is 2.94 bits per heavy atom. The third-order valence-electron chi connectivity index (χ3n) is 2.35. The van der Waals surface area contributed by atoms with Gasteiger partial charge in [0.1, 0.15) is 12.1 Å². The minimum absolute atomic E-state index is 0.347. The summed E-state index contributed by atoms with van der Waals surface area (Å²) in [5.41, 5.74) is 0. The van der Waals surface area contributed by atoms with Crippen molar-refractivity contribution in [3.63, 3.8) is 0 Å². The molecule has 1 N–H and O–H groups in total. The highest BCUT2D eigenvalue weighted by Gasteiger charge is 2.08. The average molecular weight is 312 g/mol. The van der Waals surface area contributed by atoms with Crippen molar-refractivity contribution < 1.29 is 0 Å². The Kier molecular flexibility index (Phi) is 4.12. The van der Waals surface area contributed by atoms with Crippen LogP contribution in [0.2, 0.25) is 0 Å². The van der Waals surface area contributed by atoms with E-state index in [1.165, 1.54) is 9.75 Å². The minimum atomic E-state index is 0.347. The van der Waals surface area contributed by atoms with Gasteiger partial charge in [0.25, 0.3) is 0 Å². The molecule has 0 amide bonds. The maximum Gasteiger partial charge on any atom is 0.143 e. The molecular formula is C12H14BrN3S. The minimum Gasteiger partial charge on any atom is -0.366 e. The highest BCUT2D eigenvalue weighted by molar-refractivity contribution is 9.10. The summed E-state index contributed by atoms with van der Waals surface area (Å²) in [7, 11) is 0. The number of thiophene rings is 1. The van der Waals surface area contributed by atoms with E-state index in [1.807, 2.05) is 11.3 Å². The Bertz CT molecular complexity index is 498. The van der Waals surface area contributed by atoms with Crippen molar-refractivity contribution in [2.24, 2.45) is 0 Å². The smallest absolute Gasteiger partial charge is 0.143 e. The van der Waals surface area contributed by atoms with E-state index in [-0.39, 0.29) is 0 Å². The molecule has 2 aromatic heterocycles. The fourth-order valence-corrected chi connectivity index (χ4v) is 2.95. The molecule has 5 heteroatoms. The first kappa shape index (κ1) is 12.5. The lowest BCUT2D eigenvalue weighted by molar-refractivity contribution is 0.792. The summed E-state index contributed by atoms with van der Waals surface area (Å²) >= 11 is 5.28. The van der Waals surface area contributed by atoms with Gasteiger partial charge in [-0.15, -0.1) is 11.3 Å². The zero-order valence-electron chi connectivity index (χ0n) is 9.77. The van der Waals surface area contributed by atoms with Crippen LogP contribution in [0.15, 0.2) is 29.1 Å². The number of rotatable bonds is 4. The van der Waals surface area contributed by atoms with Crippen LogP contribution in [0.1, 0.15) is 16.7 Å². The standard InChI is InChI=1S/C12H14BrN3S/c1-8(5-10-4-3-9(2)17-10)16-12-11(13)6-14-7-15-12/h3-4,6-8H,5H2,1-2H3,(H,14,15,16). The number of halogens is 1. The SMILES string of the molecule is Cc1ccc(CC(C)Nc2ncncc2Br)s1. The highest BCUT2D eigenvalue weighted by Crippen LogP contribution is 2.21. The number of anilines is 1. The molecule has 2 aromatic rings. The Hall–Kier alpha value is -0.940. The van der Waals surface area contributed by atoms with Crippen LogP contribution in [-0.2, 0) is 6.42 Å². The molecule has 0 aliphatic rings. The molecule has 0 aliphatic heterocycles. The summed E-state index contributed by atoms with van der Waals surface area (Å²) in [5.74, 6) is 0.848. The third kappa shape index (κ3) is 3.51. The van der Waals surface area contributed by atoms with E-state index in [1.54, 1.807) is 12.5 Å². The largest absolute Gasteiger partial charge is 0.366 e. The van der Waals surface area contributed by atoms with E-state index in [9.17, 15) is 0 Å². The molecule has 0 spiro atoms. The Labute approximate surface area is 113 Å². The van der Waals surface area contributed by atoms with Gasteiger partial charge in [0.2, 0.25) is 0 Å². The second kappa shape index (κ2) is 5.60. The summed E-state index contributed by atoms with van der Waals surface area (Å²) in [5, 5.41) is 3.38. The maximum absolute atomic E-state index is 4.20. The molecular weight excluding hydrogens is 298 g/mol. The molecule has 0 radical (unpaired) electrons. The van der Waals surface area contributed by atoms with Crippen LogP contribution in [-0.4, -0.2) is 16.0 Å². The van der Waals surface area contributed by atoms with E-state index in [4.69, 9.17) is 0 Å². The molecule has 2 heterocycles. The van der Waals surface area contributed by atoms with Crippen LogP contribution in [0.3, 0.4) is 0 Å². The van der Waals surface area contributed by atoms with Crippen LogP contribution in [0.25, 0.3) is 0 Å². The van der Waals surface area contributed by atoms with Gasteiger partial charge in [-0.2, -0.15) is 0 Å². The lowest BCUT2D eigenvalue weighted by Crippen LogP contribution is -2.18. The predicted octanol–water partition coefficient (Wildman–Crippen LogP) is 3.65.